The predicted molar refractivity (Wildman–Crippen MR) is 83.1 cm³/mol. The molecule has 0 aliphatic carbocycles. The van der Waals surface area contributed by atoms with Gasteiger partial charge in [0, 0.05) is 6.54 Å². The van der Waals surface area contributed by atoms with Crippen LogP contribution in [0.25, 0.3) is 0 Å². The van der Waals surface area contributed by atoms with E-state index in [9.17, 15) is 4.79 Å². The van der Waals surface area contributed by atoms with E-state index < -0.39 is 0 Å². The molecule has 0 spiro atoms. The number of methoxy groups -OCH3 is 1. The molecule has 1 aliphatic rings. The first-order valence-corrected chi connectivity index (χ1v) is 7.04. The fourth-order valence-corrected chi connectivity index (χ4v) is 2.65. The van der Waals surface area contributed by atoms with Gasteiger partial charge >= 0.3 is 6.03 Å². The topological polar surface area (TPSA) is 67.6 Å². The molecule has 1 saturated heterocycles. The highest BCUT2D eigenvalue weighted by atomic mass is 32.1. The third-order valence-electron chi connectivity index (χ3n) is 3.44. The number of amides is 2. The van der Waals surface area contributed by atoms with E-state index in [1.807, 2.05) is 12.1 Å². The molecule has 1 heterocycles. The van der Waals surface area contributed by atoms with E-state index in [-0.39, 0.29) is 12.1 Å². The quantitative estimate of drug-likeness (QED) is 0.840. The van der Waals surface area contributed by atoms with E-state index in [2.05, 4.69) is 5.32 Å². The van der Waals surface area contributed by atoms with E-state index in [1.54, 1.807) is 24.1 Å². The number of hydrogen-bond donors (Lipinski definition) is 2. The van der Waals surface area contributed by atoms with Gasteiger partial charge in [0.25, 0.3) is 0 Å². The Kier molecular flexibility index (Phi) is 4.79. The van der Waals surface area contributed by atoms with Crippen LogP contribution in [0.2, 0.25) is 0 Å². The Bertz CT molecular complexity index is 507. The molecule has 2 amide bonds. The number of rotatable bonds is 3. The monoisotopic (exact) mass is 293 g/mol. The Hall–Kier alpha value is -1.82. The molecule has 1 unspecified atom stereocenters. The zero-order valence-electron chi connectivity index (χ0n) is 11.5. The van der Waals surface area contributed by atoms with Gasteiger partial charge in [0.15, 0.2) is 0 Å². The number of benzene rings is 1. The molecule has 3 N–H and O–H groups in total. The van der Waals surface area contributed by atoms with Crippen LogP contribution < -0.4 is 15.8 Å². The minimum atomic E-state index is -0.188. The molecule has 0 saturated carbocycles. The summed E-state index contributed by atoms with van der Waals surface area (Å²) in [5.74, 6) is 0.629. The first kappa shape index (κ1) is 14.6. The number of nitrogens with one attached hydrogen (secondary N) is 1. The summed E-state index contributed by atoms with van der Waals surface area (Å²) in [6.07, 6.45) is 2.84. The Labute approximate surface area is 124 Å². The lowest BCUT2D eigenvalue weighted by molar-refractivity contribution is 0.186. The van der Waals surface area contributed by atoms with Gasteiger partial charge in [-0.05, 0) is 31.4 Å². The Balaban J connectivity index is 2.12. The van der Waals surface area contributed by atoms with Crippen molar-refractivity contribution in [1.82, 2.24) is 4.90 Å². The summed E-state index contributed by atoms with van der Waals surface area (Å²) < 4.78 is 5.22. The molecule has 2 rings (SSSR count). The molecule has 1 aliphatic heterocycles. The van der Waals surface area contributed by atoms with Crippen LogP contribution in [-0.2, 0) is 0 Å². The van der Waals surface area contributed by atoms with Gasteiger partial charge in [-0.2, -0.15) is 0 Å². The summed E-state index contributed by atoms with van der Waals surface area (Å²) in [5.41, 5.74) is 6.38. The van der Waals surface area contributed by atoms with Gasteiger partial charge in [-0.1, -0.05) is 24.4 Å². The van der Waals surface area contributed by atoms with Crippen LogP contribution in [0.15, 0.2) is 24.3 Å². The second-order valence-corrected chi connectivity index (χ2v) is 5.21. The maximum absolute atomic E-state index is 12.4. The number of ether oxygens (including phenoxy) is 1. The van der Waals surface area contributed by atoms with Crippen molar-refractivity contribution in [3.8, 4) is 5.75 Å². The number of nitrogens with zero attached hydrogens (tertiary/aromatic N) is 1. The van der Waals surface area contributed by atoms with Crippen molar-refractivity contribution in [3.05, 3.63) is 24.3 Å². The predicted octanol–water partition coefficient (Wildman–Crippen LogP) is 2.37. The number of anilines is 1. The Morgan fingerprint density at radius 1 is 1.45 bits per heavy atom. The lowest BCUT2D eigenvalue weighted by Crippen LogP contribution is -2.51. The number of nitrogens with two attached hydrogens (primary N) is 1. The van der Waals surface area contributed by atoms with Gasteiger partial charge in [0.2, 0.25) is 0 Å². The average molecular weight is 293 g/mol. The molecular formula is C14H19N3O2S. The molecular weight excluding hydrogens is 274 g/mol. The number of carbonyl (C=O) groups is 1. The van der Waals surface area contributed by atoms with E-state index in [4.69, 9.17) is 22.7 Å². The van der Waals surface area contributed by atoms with Crippen molar-refractivity contribution in [2.45, 2.75) is 25.3 Å². The molecule has 1 atom stereocenters. The minimum absolute atomic E-state index is 0.159. The fraction of sp³-hybridized carbons (Fsp3) is 0.429. The smallest absolute Gasteiger partial charge is 0.322 e. The van der Waals surface area contributed by atoms with Crippen LogP contribution in [0.4, 0.5) is 10.5 Å². The first-order valence-electron chi connectivity index (χ1n) is 6.63. The van der Waals surface area contributed by atoms with Crippen LogP contribution in [-0.4, -0.2) is 35.6 Å². The summed E-state index contributed by atoms with van der Waals surface area (Å²) in [7, 11) is 1.57. The number of hydrogen-bond acceptors (Lipinski definition) is 3. The minimum Gasteiger partial charge on any atom is -0.495 e. The third kappa shape index (κ3) is 3.19. The number of thiocarbonyl (C=S) groups is 1. The molecule has 6 heteroatoms. The largest absolute Gasteiger partial charge is 0.495 e. The summed E-state index contributed by atoms with van der Waals surface area (Å²) in [4.78, 5) is 14.5. The van der Waals surface area contributed by atoms with Gasteiger partial charge in [0.05, 0.1) is 23.8 Å². The number of likely N-dealkylation sites (tertiary alicyclic amines) is 1. The SMILES string of the molecule is COc1ccccc1NC(=O)N1CCCCC1C(N)=S. The average Bonchev–Trinajstić information content (AvgIpc) is 2.47. The zero-order chi connectivity index (χ0) is 14.5. The third-order valence-corrected chi connectivity index (χ3v) is 3.71. The summed E-state index contributed by atoms with van der Waals surface area (Å²) >= 11 is 5.06. The van der Waals surface area contributed by atoms with Gasteiger partial charge < -0.3 is 20.7 Å². The van der Waals surface area contributed by atoms with Gasteiger partial charge in [-0.15, -0.1) is 0 Å². The molecule has 0 radical (unpaired) electrons. The highest BCUT2D eigenvalue weighted by molar-refractivity contribution is 7.80. The number of urea groups is 1. The maximum Gasteiger partial charge on any atom is 0.322 e. The lowest BCUT2D eigenvalue weighted by atomic mass is 10.0. The number of para-hydroxylation sites is 2. The standard InChI is InChI=1S/C14H19N3O2S/c1-19-12-8-3-2-6-10(12)16-14(18)17-9-5-4-7-11(17)13(15)20/h2-3,6,8,11H,4-5,7,9H2,1H3,(H2,15,20)(H,16,18). The van der Waals surface area contributed by atoms with E-state index in [0.29, 0.717) is 23.0 Å². The van der Waals surface area contributed by atoms with Crippen LogP contribution in [0, 0.1) is 0 Å². The second-order valence-electron chi connectivity index (χ2n) is 4.74. The molecule has 5 nitrogen and oxygen atoms in total. The van der Waals surface area contributed by atoms with Gasteiger partial charge in [-0.25, -0.2) is 4.79 Å². The number of carbonyl (C=O) groups excluding carboxylic acids is 1. The van der Waals surface area contributed by atoms with Crippen LogP contribution in [0.3, 0.4) is 0 Å². The molecule has 1 aromatic rings. The van der Waals surface area contributed by atoms with Crippen molar-refractivity contribution in [2.75, 3.05) is 19.0 Å². The van der Waals surface area contributed by atoms with Crippen molar-refractivity contribution >= 4 is 28.9 Å². The first-order chi connectivity index (χ1) is 9.63. The van der Waals surface area contributed by atoms with E-state index in [1.165, 1.54) is 0 Å². The van der Waals surface area contributed by atoms with E-state index >= 15 is 0 Å². The molecule has 1 fully saturated rings. The molecule has 108 valence electrons. The number of piperidine rings is 1. The van der Waals surface area contributed by atoms with E-state index in [0.717, 1.165) is 19.3 Å². The second kappa shape index (κ2) is 6.56. The van der Waals surface area contributed by atoms with Crippen LogP contribution >= 0.6 is 12.2 Å². The normalized spacial score (nSPS) is 18.4. The molecule has 0 bridgehead atoms. The summed E-state index contributed by atoms with van der Waals surface area (Å²) in [6, 6.07) is 6.96. The van der Waals surface area contributed by atoms with Crippen molar-refractivity contribution in [2.24, 2.45) is 5.73 Å². The summed E-state index contributed by atoms with van der Waals surface area (Å²) in [5, 5.41) is 2.86. The highest BCUT2D eigenvalue weighted by Crippen LogP contribution is 2.25. The molecule has 0 aromatic heterocycles. The van der Waals surface area contributed by atoms with Crippen molar-refractivity contribution < 1.29 is 9.53 Å². The van der Waals surface area contributed by atoms with Crippen LogP contribution in [0.5, 0.6) is 5.75 Å². The highest BCUT2D eigenvalue weighted by Gasteiger charge is 2.28. The fourth-order valence-electron chi connectivity index (χ4n) is 2.41. The van der Waals surface area contributed by atoms with Crippen LogP contribution in [0.1, 0.15) is 19.3 Å². The Morgan fingerprint density at radius 3 is 2.90 bits per heavy atom. The maximum atomic E-state index is 12.4. The summed E-state index contributed by atoms with van der Waals surface area (Å²) in [6.45, 7) is 0.670. The zero-order valence-corrected chi connectivity index (χ0v) is 12.3. The van der Waals surface area contributed by atoms with Crippen molar-refractivity contribution in [1.29, 1.82) is 0 Å². The lowest BCUT2D eigenvalue weighted by Gasteiger charge is -2.35. The molecule has 1 aromatic carbocycles. The molecule has 20 heavy (non-hydrogen) atoms. The Morgan fingerprint density at radius 2 is 2.20 bits per heavy atom. The van der Waals surface area contributed by atoms with Crippen molar-refractivity contribution in [3.63, 3.8) is 0 Å². The van der Waals surface area contributed by atoms with Gasteiger partial charge in [-0.3, -0.25) is 0 Å². The van der Waals surface area contributed by atoms with Gasteiger partial charge in [0.1, 0.15) is 5.75 Å².